The molecule has 0 saturated heterocycles. The van der Waals surface area contributed by atoms with E-state index in [2.05, 4.69) is 26.8 Å². The van der Waals surface area contributed by atoms with Crippen molar-refractivity contribution in [2.45, 2.75) is 127 Å². The molecule has 5 rings (SSSR count). The third kappa shape index (κ3) is 5.42. The van der Waals surface area contributed by atoms with Gasteiger partial charge in [-0.1, -0.05) is 57.5 Å². The van der Waals surface area contributed by atoms with Crippen LogP contribution in [0.25, 0.3) is 0 Å². The van der Waals surface area contributed by atoms with Crippen LogP contribution in [0.3, 0.4) is 0 Å². The zero-order valence-corrected chi connectivity index (χ0v) is 25.5. The average molecular weight is 557 g/mol. The minimum Gasteiger partial charge on any atom is -0.393 e. The second kappa shape index (κ2) is 11.2. The standard InChI is InChI=1S/C34H52O4S/c1-5-25(35)21-27(39(37,38)26-10-8-7-9-11-26)20-23(3)31-14-15-32-30-13-12-24-22-34(36,6-2)19-17-28(24)29(30)16-18-33(31,32)4/h7-12,23,25,27-32,35-36H,5-6,13-22H2,1-4H3/t23-,25+,27?,28+,29?,30-,31-,32?,33-,34+/m1/s1. The lowest BCUT2D eigenvalue weighted by atomic mass is 9.50. The molecule has 0 aromatic heterocycles. The third-order valence-electron chi connectivity index (χ3n) is 12.2. The molecule has 3 saturated carbocycles. The van der Waals surface area contributed by atoms with Crippen molar-refractivity contribution in [1.82, 2.24) is 0 Å². The van der Waals surface area contributed by atoms with Gasteiger partial charge in [0.25, 0.3) is 0 Å². The first-order chi connectivity index (χ1) is 18.5. The number of fused-ring (bicyclic) bond motifs is 5. The van der Waals surface area contributed by atoms with E-state index in [9.17, 15) is 18.6 Å². The van der Waals surface area contributed by atoms with E-state index in [0.29, 0.717) is 47.8 Å². The highest BCUT2D eigenvalue weighted by Crippen LogP contribution is 2.65. The fraction of sp³-hybridized carbons (Fsp3) is 0.765. The van der Waals surface area contributed by atoms with Crippen LogP contribution in [0.15, 0.2) is 46.9 Å². The highest BCUT2D eigenvalue weighted by molar-refractivity contribution is 7.92. The highest BCUT2D eigenvalue weighted by Gasteiger charge is 2.57. The number of aliphatic hydroxyl groups is 2. The highest BCUT2D eigenvalue weighted by atomic mass is 32.2. The van der Waals surface area contributed by atoms with E-state index in [1.165, 1.54) is 25.7 Å². The molecule has 3 fully saturated rings. The molecule has 0 heterocycles. The molecule has 0 radical (unpaired) electrons. The molecule has 4 aliphatic carbocycles. The molecule has 1 aromatic rings. The largest absolute Gasteiger partial charge is 0.393 e. The minimum absolute atomic E-state index is 0.259. The second-order valence-corrected chi connectivity index (χ2v) is 16.3. The van der Waals surface area contributed by atoms with Gasteiger partial charge in [-0.05, 0) is 130 Å². The average Bonchev–Trinajstić information content (AvgIpc) is 3.30. The summed E-state index contributed by atoms with van der Waals surface area (Å²) in [7, 11) is -3.51. The van der Waals surface area contributed by atoms with E-state index in [-0.39, 0.29) is 5.41 Å². The topological polar surface area (TPSA) is 74.6 Å². The number of sulfone groups is 1. The van der Waals surface area contributed by atoms with Gasteiger partial charge < -0.3 is 10.2 Å². The summed E-state index contributed by atoms with van der Waals surface area (Å²) < 4.78 is 27.5. The van der Waals surface area contributed by atoms with Crippen LogP contribution < -0.4 is 0 Å². The van der Waals surface area contributed by atoms with Gasteiger partial charge in [-0.3, -0.25) is 0 Å². The summed E-state index contributed by atoms with van der Waals surface area (Å²) in [6.45, 7) is 8.87. The first-order valence-corrected chi connectivity index (χ1v) is 17.5. The van der Waals surface area contributed by atoms with Crippen molar-refractivity contribution in [2.75, 3.05) is 0 Å². The van der Waals surface area contributed by atoms with E-state index < -0.39 is 26.8 Å². The fourth-order valence-electron chi connectivity index (χ4n) is 9.84. The molecule has 218 valence electrons. The molecule has 39 heavy (non-hydrogen) atoms. The lowest BCUT2D eigenvalue weighted by Gasteiger charge is -2.55. The monoisotopic (exact) mass is 556 g/mol. The fourth-order valence-corrected chi connectivity index (χ4v) is 11.8. The zero-order chi connectivity index (χ0) is 28.0. The van der Waals surface area contributed by atoms with Crippen molar-refractivity contribution in [1.29, 1.82) is 0 Å². The number of benzene rings is 1. The molecule has 10 atom stereocenters. The quantitative estimate of drug-likeness (QED) is 0.312. The molecule has 5 heteroatoms. The molecule has 0 bridgehead atoms. The van der Waals surface area contributed by atoms with Crippen molar-refractivity contribution in [3.05, 3.63) is 42.0 Å². The zero-order valence-electron chi connectivity index (χ0n) is 24.7. The smallest absolute Gasteiger partial charge is 0.181 e. The number of aliphatic hydroxyl groups excluding tert-OH is 1. The molecule has 4 nitrogen and oxygen atoms in total. The third-order valence-corrected chi connectivity index (χ3v) is 14.4. The van der Waals surface area contributed by atoms with Crippen LogP contribution >= 0.6 is 0 Å². The van der Waals surface area contributed by atoms with Crippen LogP contribution in [-0.4, -0.2) is 35.6 Å². The van der Waals surface area contributed by atoms with Crippen LogP contribution in [0.1, 0.15) is 105 Å². The van der Waals surface area contributed by atoms with Gasteiger partial charge in [0, 0.05) is 0 Å². The summed E-state index contributed by atoms with van der Waals surface area (Å²) in [6.07, 6.45) is 13.4. The van der Waals surface area contributed by atoms with E-state index in [1.54, 1.807) is 29.8 Å². The van der Waals surface area contributed by atoms with Crippen LogP contribution in [-0.2, 0) is 9.84 Å². The van der Waals surface area contributed by atoms with Crippen molar-refractivity contribution >= 4 is 9.84 Å². The summed E-state index contributed by atoms with van der Waals surface area (Å²) >= 11 is 0. The Hall–Kier alpha value is -1.17. The summed E-state index contributed by atoms with van der Waals surface area (Å²) in [5, 5.41) is 21.0. The van der Waals surface area contributed by atoms with E-state index in [1.807, 2.05) is 13.0 Å². The first kappa shape index (κ1) is 29.3. The normalized spacial score (nSPS) is 38.6. The Bertz CT molecular complexity index is 1130. The Labute approximate surface area is 237 Å². The van der Waals surface area contributed by atoms with Crippen LogP contribution in [0.2, 0.25) is 0 Å². The van der Waals surface area contributed by atoms with E-state index >= 15 is 0 Å². The predicted molar refractivity (Wildman–Crippen MR) is 158 cm³/mol. The summed E-state index contributed by atoms with van der Waals surface area (Å²) in [4.78, 5) is 0.383. The van der Waals surface area contributed by atoms with E-state index in [0.717, 1.165) is 43.9 Å². The number of rotatable bonds is 9. The number of hydrogen-bond acceptors (Lipinski definition) is 4. The first-order valence-electron chi connectivity index (χ1n) is 15.9. The predicted octanol–water partition coefficient (Wildman–Crippen LogP) is 7.35. The Morgan fingerprint density at radius 2 is 1.74 bits per heavy atom. The maximum atomic E-state index is 13.8. The van der Waals surface area contributed by atoms with Gasteiger partial charge in [0.2, 0.25) is 0 Å². The van der Waals surface area contributed by atoms with Crippen molar-refractivity contribution in [2.24, 2.45) is 40.9 Å². The van der Waals surface area contributed by atoms with Gasteiger partial charge in [-0.25, -0.2) is 8.42 Å². The molecular weight excluding hydrogens is 504 g/mol. The van der Waals surface area contributed by atoms with Crippen molar-refractivity contribution < 1.29 is 18.6 Å². The second-order valence-electron chi connectivity index (χ2n) is 14.1. The van der Waals surface area contributed by atoms with Gasteiger partial charge in [0.05, 0.1) is 21.9 Å². The summed E-state index contributed by atoms with van der Waals surface area (Å²) in [5.74, 6) is 3.68. The Morgan fingerprint density at radius 1 is 1.00 bits per heavy atom. The van der Waals surface area contributed by atoms with Crippen LogP contribution in [0.4, 0.5) is 0 Å². The van der Waals surface area contributed by atoms with Crippen molar-refractivity contribution in [3.63, 3.8) is 0 Å². The Kier molecular flexibility index (Phi) is 8.46. The van der Waals surface area contributed by atoms with E-state index in [4.69, 9.17) is 0 Å². The van der Waals surface area contributed by atoms with Crippen LogP contribution in [0, 0.1) is 40.9 Å². The maximum Gasteiger partial charge on any atom is 0.181 e. The number of hydrogen-bond donors (Lipinski definition) is 2. The van der Waals surface area contributed by atoms with Gasteiger partial charge in [-0.15, -0.1) is 0 Å². The lowest BCUT2D eigenvalue weighted by molar-refractivity contribution is -0.0460. The Morgan fingerprint density at radius 3 is 2.44 bits per heavy atom. The maximum absolute atomic E-state index is 13.8. The molecule has 0 spiro atoms. The Balaban J connectivity index is 1.33. The van der Waals surface area contributed by atoms with Crippen molar-refractivity contribution in [3.8, 4) is 0 Å². The molecule has 4 aliphatic rings. The lowest BCUT2D eigenvalue weighted by Crippen LogP contribution is -2.48. The van der Waals surface area contributed by atoms with Gasteiger partial charge in [0.1, 0.15) is 0 Å². The molecular formula is C34H52O4S. The van der Waals surface area contributed by atoms with Gasteiger partial charge in [-0.2, -0.15) is 0 Å². The van der Waals surface area contributed by atoms with Gasteiger partial charge in [0.15, 0.2) is 9.84 Å². The SMILES string of the molecule is CC[C@H](O)CC(C[C@@H](C)[C@H]1CCC2[C@@H]3CC=C4C[C@](O)(CC)CC[C@@H]4C3CC[C@@]21C)S(=O)(=O)c1ccccc1. The van der Waals surface area contributed by atoms with Crippen LogP contribution in [0.5, 0.6) is 0 Å². The van der Waals surface area contributed by atoms with Gasteiger partial charge >= 0.3 is 0 Å². The molecule has 0 aliphatic heterocycles. The molecule has 3 unspecified atom stereocenters. The molecule has 0 amide bonds. The molecule has 2 N–H and O–H groups in total. The summed E-state index contributed by atoms with van der Waals surface area (Å²) in [6, 6.07) is 8.86. The number of allylic oxidation sites excluding steroid dienone is 1. The molecule has 1 aromatic carbocycles. The summed E-state index contributed by atoms with van der Waals surface area (Å²) in [5.41, 5.74) is 1.31. The minimum atomic E-state index is -3.51.